The molecule has 4 N–H and O–H groups in total. The van der Waals surface area contributed by atoms with Crippen molar-refractivity contribution in [3.05, 3.63) is 35.9 Å². The molecule has 6 nitrogen and oxygen atoms in total. The quantitative estimate of drug-likeness (QED) is 0.614. The van der Waals surface area contributed by atoms with Gasteiger partial charge in [0.15, 0.2) is 0 Å². The van der Waals surface area contributed by atoms with Crippen molar-refractivity contribution in [2.24, 2.45) is 5.73 Å². The van der Waals surface area contributed by atoms with E-state index in [1.54, 1.807) is 6.92 Å². The van der Waals surface area contributed by atoms with Crippen LogP contribution in [-0.4, -0.2) is 41.8 Å². The Hall–Kier alpha value is -1.92. The van der Waals surface area contributed by atoms with Crippen molar-refractivity contribution in [3.63, 3.8) is 0 Å². The third-order valence-corrected chi connectivity index (χ3v) is 2.99. The normalized spacial score (nSPS) is 14.9. The van der Waals surface area contributed by atoms with Gasteiger partial charge in [-0.1, -0.05) is 30.3 Å². The largest absolute Gasteiger partial charge is 0.464 e. The molecule has 3 atom stereocenters. The molecule has 0 saturated heterocycles. The van der Waals surface area contributed by atoms with Crippen molar-refractivity contribution in [2.45, 2.75) is 38.5 Å². The first kappa shape index (κ1) is 17.1. The lowest BCUT2D eigenvalue weighted by Gasteiger charge is -2.20. The van der Waals surface area contributed by atoms with Gasteiger partial charge in [-0.05, 0) is 25.8 Å². The van der Waals surface area contributed by atoms with E-state index in [1.807, 2.05) is 30.3 Å². The summed E-state index contributed by atoms with van der Waals surface area (Å²) in [5, 5.41) is 12.3. The summed E-state index contributed by atoms with van der Waals surface area (Å²) < 4.78 is 4.77. The predicted molar refractivity (Wildman–Crippen MR) is 78.4 cm³/mol. The molecule has 0 bridgehead atoms. The van der Waals surface area contributed by atoms with Crippen molar-refractivity contribution < 1.29 is 19.4 Å². The minimum absolute atomic E-state index is 0.231. The number of aliphatic hydroxyl groups is 1. The molecule has 0 aliphatic rings. The summed E-state index contributed by atoms with van der Waals surface area (Å²) in [4.78, 5) is 23.3. The Kier molecular flexibility index (Phi) is 6.84. The van der Waals surface area contributed by atoms with Gasteiger partial charge in [0.2, 0.25) is 0 Å². The first-order valence-corrected chi connectivity index (χ1v) is 6.90. The van der Waals surface area contributed by atoms with E-state index in [4.69, 9.17) is 10.5 Å². The molecule has 1 amide bonds. The van der Waals surface area contributed by atoms with Gasteiger partial charge in [0.1, 0.15) is 12.1 Å². The highest BCUT2D eigenvalue weighted by Gasteiger charge is 2.26. The van der Waals surface area contributed by atoms with Crippen LogP contribution in [0, 0.1) is 0 Å². The number of aliphatic hydroxyl groups excluding tert-OH is 1. The standard InChI is InChI=1S/C15H22N2O4/c1-3-21-15(20)10(2)17-14(19)13(18)12(16)9-11-7-5-4-6-8-11/h4-8,10,12-13,18H,3,9,16H2,1-2H3,(H,17,19)/t10-,12+,13?/m0/s1. The summed E-state index contributed by atoms with van der Waals surface area (Å²) in [6.07, 6.45) is -1.02. The molecule has 0 aromatic heterocycles. The number of nitrogens with two attached hydrogens (primary N) is 1. The number of nitrogens with one attached hydrogen (secondary N) is 1. The second-order valence-electron chi connectivity index (χ2n) is 4.78. The number of ether oxygens (including phenoxy) is 1. The van der Waals surface area contributed by atoms with Crippen LogP contribution in [0.2, 0.25) is 0 Å². The molecule has 0 aliphatic carbocycles. The van der Waals surface area contributed by atoms with E-state index >= 15 is 0 Å². The lowest BCUT2D eigenvalue weighted by molar-refractivity contribution is -0.148. The van der Waals surface area contributed by atoms with Gasteiger partial charge < -0.3 is 20.9 Å². The van der Waals surface area contributed by atoms with Crippen molar-refractivity contribution in [3.8, 4) is 0 Å². The Morgan fingerprint density at radius 2 is 1.95 bits per heavy atom. The summed E-state index contributed by atoms with van der Waals surface area (Å²) in [5.74, 6) is -1.23. The van der Waals surface area contributed by atoms with E-state index in [9.17, 15) is 14.7 Å². The molecule has 21 heavy (non-hydrogen) atoms. The van der Waals surface area contributed by atoms with Crippen LogP contribution in [-0.2, 0) is 20.7 Å². The molecule has 1 aromatic carbocycles. The molecule has 1 aromatic rings. The second kappa shape index (κ2) is 8.39. The maximum atomic E-state index is 11.8. The number of esters is 1. The molecule has 1 rings (SSSR count). The van der Waals surface area contributed by atoms with E-state index in [2.05, 4.69) is 5.32 Å². The molecule has 0 radical (unpaired) electrons. The highest BCUT2D eigenvalue weighted by atomic mass is 16.5. The van der Waals surface area contributed by atoms with Gasteiger partial charge in [-0.15, -0.1) is 0 Å². The Balaban J connectivity index is 2.51. The first-order chi connectivity index (χ1) is 9.95. The lowest BCUT2D eigenvalue weighted by atomic mass is 10.0. The molecule has 0 heterocycles. The van der Waals surface area contributed by atoms with Gasteiger partial charge >= 0.3 is 5.97 Å². The minimum Gasteiger partial charge on any atom is -0.464 e. The fraction of sp³-hybridized carbons (Fsp3) is 0.467. The minimum atomic E-state index is -1.39. The monoisotopic (exact) mass is 294 g/mol. The third kappa shape index (κ3) is 5.53. The zero-order valence-corrected chi connectivity index (χ0v) is 12.3. The molecular formula is C15H22N2O4. The lowest BCUT2D eigenvalue weighted by Crippen LogP contribution is -2.51. The summed E-state index contributed by atoms with van der Waals surface area (Å²) in [7, 11) is 0. The van der Waals surface area contributed by atoms with Crippen LogP contribution in [0.1, 0.15) is 19.4 Å². The Labute approximate surface area is 124 Å². The zero-order chi connectivity index (χ0) is 15.8. The van der Waals surface area contributed by atoms with Gasteiger partial charge in [-0.2, -0.15) is 0 Å². The fourth-order valence-electron chi connectivity index (χ4n) is 1.82. The summed E-state index contributed by atoms with van der Waals surface area (Å²) in [6.45, 7) is 3.40. The number of hydrogen-bond donors (Lipinski definition) is 3. The Bertz CT molecular complexity index is 464. The molecule has 0 spiro atoms. The van der Waals surface area contributed by atoms with Crippen LogP contribution < -0.4 is 11.1 Å². The average molecular weight is 294 g/mol. The molecule has 1 unspecified atom stereocenters. The number of benzene rings is 1. The predicted octanol–water partition coefficient (Wildman–Crippen LogP) is -0.0149. The second-order valence-corrected chi connectivity index (χ2v) is 4.78. The van der Waals surface area contributed by atoms with Gasteiger partial charge in [-0.25, -0.2) is 4.79 Å². The van der Waals surface area contributed by atoms with Gasteiger partial charge in [-0.3, -0.25) is 4.79 Å². The fourth-order valence-corrected chi connectivity index (χ4v) is 1.82. The van der Waals surface area contributed by atoms with Crippen molar-refractivity contribution in [2.75, 3.05) is 6.61 Å². The van der Waals surface area contributed by atoms with E-state index in [0.29, 0.717) is 6.42 Å². The van der Waals surface area contributed by atoms with Gasteiger partial charge in [0, 0.05) is 6.04 Å². The molecule has 0 saturated carbocycles. The number of carbonyl (C=O) groups is 2. The maximum absolute atomic E-state index is 11.8. The highest BCUT2D eigenvalue weighted by molar-refractivity contribution is 5.87. The Morgan fingerprint density at radius 3 is 2.52 bits per heavy atom. The van der Waals surface area contributed by atoms with Gasteiger partial charge in [0.05, 0.1) is 6.61 Å². The smallest absolute Gasteiger partial charge is 0.328 e. The van der Waals surface area contributed by atoms with Crippen LogP contribution in [0.3, 0.4) is 0 Å². The molecular weight excluding hydrogens is 272 g/mol. The van der Waals surface area contributed by atoms with Crippen molar-refractivity contribution in [1.82, 2.24) is 5.32 Å². The van der Waals surface area contributed by atoms with Crippen LogP contribution in [0.25, 0.3) is 0 Å². The first-order valence-electron chi connectivity index (χ1n) is 6.90. The Morgan fingerprint density at radius 1 is 1.33 bits per heavy atom. The molecule has 6 heteroatoms. The number of rotatable bonds is 7. The topological polar surface area (TPSA) is 102 Å². The summed E-state index contributed by atoms with van der Waals surface area (Å²) >= 11 is 0. The van der Waals surface area contributed by atoms with Crippen molar-refractivity contribution >= 4 is 11.9 Å². The average Bonchev–Trinajstić information content (AvgIpc) is 2.47. The maximum Gasteiger partial charge on any atom is 0.328 e. The SMILES string of the molecule is CCOC(=O)[C@H](C)NC(=O)C(O)[C@H](N)Cc1ccccc1. The summed E-state index contributed by atoms with van der Waals surface area (Å²) in [6, 6.07) is 7.75. The van der Waals surface area contributed by atoms with E-state index < -0.39 is 30.1 Å². The molecule has 0 aliphatic heterocycles. The van der Waals surface area contributed by atoms with Crippen LogP contribution in [0.5, 0.6) is 0 Å². The van der Waals surface area contributed by atoms with Gasteiger partial charge in [0.25, 0.3) is 5.91 Å². The number of amides is 1. The summed E-state index contributed by atoms with van der Waals surface area (Å²) in [5.41, 5.74) is 6.76. The zero-order valence-electron chi connectivity index (χ0n) is 12.3. The van der Waals surface area contributed by atoms with E-state index in [1.165, 1.54) is 6.92 Å². The highest BCUT2D eigenvalue weighted by Crippen LogP contribution is 2.05. The van der Waals surface area contributed by atoms with E-state index in [0.717, 1.165) is 5.56 Å². The van der Waals surface area contributed by atoms with E-state index in [-0.39, 0.29) is 6.61 Å². The molecule has 116 valence electrons. The van der Waals surface area contributed by atoms with Crippen molar-refractivity contribution in [1.29, 1.82) is 0 Å². The number of hydrogen-bond acceptors (Lipinski definition) is 5. The number of carbonyl (C=O) groups excluding carboxylic acids is 2. The van der Waals surface area contributed by atoms with Crippen LogP contribution >= 0.6 is 0 Å². The molecule has 0 fully saturated rings. The van der Waals surface area contributed by atoms with Crippen LogP contribution in [0.15, 0.2) is 30.3 Å². The van der Waals surface area contributed by atoms with Crippen LogP contribution in [0.4, 0.5) is 0 Å². The third-order valence-electron chi connectivity index (χ3n) is 2.99.